The molecule has 1 N–H and O–H groups in total. The van der Waals surface area contributed by atoms with Crippen LogP contribution in [0.15, 0.2) is 83.4 Å². The van der Waals surface area contributed by atoms with Gasteiger partial charge >= 0.3 is 0 Å². The predicted molar refractivity (Wildman–Crippen MR) is 153 cm³/mol. The maximum absolute atomic E-state index is 13.7. The summed E-state index contributed by atoms with van der Waals surface area (Å²) in [5.74, 6) is 2.11. The number of amides is 1. The average molecular weight is 507 g/mol. The highest BCUT2D eigenvalue weighted by atomic mass is 16.2. The summed E-state index contributed by atoms with van der Waals surface area (Å²) < 4.78 is 1.94. The van der Waals surface area contributed by atoms with E-state index in [0.29, 0.717) is 12.1 Å². The number of hydrogen-bond acceptors (Lipinski definition) is 5. The number of carbonyl (C=O) groups is 1. The lowest BCUT2D eigenvalue weighted by Gasteiger charge is -2.34. The van der Waals surface area contributed by atoms with Gasteiger partial charge in [0, 0.05) is 12.7 Å². The number of rotatable bonds is 7. The summed E-state index contributed by atoms with van der Waals surface area (Å²) in [5, 5.41) is 8.58. The van der Waals surface area contributed by atoms with E-state index >= 15 is 0 Å². The van der Waals surface area contributed by atoms with Crippen molar-refractivity contribution in [1.82, 2.24) is 14.7 Å². The second-order valence-corrected chi connectivity index (χ2v) is 10.6. The summed E-state index contributed by atoms with van der Waals surface area (Å²) in [6.45, 7) is 4.76. The molecule has 2 aromatic carbocycles. The Balaban J connectivity index is 1.35. The number of para-hydroxylation sites is 1. The van der Waals surface area contributed by atoms with Crippen molar-refractivity contribution in [3.05, 3.63) is 95.1 Å². The number of hydrogen-bond donors (Lipinski definition) is 1. The van der Waals surface area contributed by atoms with Gasteiger partial charge in [-0.3, -0.25) is 14.6 Å². The molecule has 38 heavy (non-hydrogen) atoms. The standard InChI is InChI=1S/C31H34N6O/c1-21(2)10-7-8-11-22-16-18-23(19-17-22)20-36-28(32-24-12-5-4-6-13-24)27-29(34-36)37-26-15-9-14-25(26)33-31(37)35(3)30(27)38/h4-8,10,12-13,16-19,25-26,32H,9,11,14-15,20H2,1-3H3/b8-7-/t25-,26+/m1/s1. The summed E-state index contributed by atoms with van der Waals surface area (Å²) in [4.78, 5) is 22.5. The van der Waals surface area contributed by atoms with E-state index in [1.54, 1.807) is 4.90 Å². The van der Waals surface area contributed by atoms with Crippen LogP contribution >= 0.6 is 0 Å². The number of nitrogens with zero attached hydrogens (tertiary/aromatic N) is 5. The highest BCUT2D eigenvalue weighted by Gasteiger charge is 2.49. The second kappa shape index (κ2) is 9.97. The molecule has 7 heteroatoms. The van der Waals surface area contributed by atoms with Crippen molar-refractivity contribution in [2.24, 2.45) is 4.99 Å². The van der Waals surface area contributed by atoms with E-state index in [2.05, 4.69) is 66.6 Å². The van der Waals surface area contributed by atoms with Crippen LogP contribution in [0.25, 0.3) is 0 Å². The predicted octanol–water partition coefficient (Wildman–Crippen LogP) is 5.92. The number of benzene rings is 2. The molecule has 1 aliphatic carbocycles. The number of aromatic nitrogens is 2. The molecule has 3 aliphatic rings. The van der Waals surface area contributed by atoms with Gasteiger partial charge in [-0.2, -0.15) is 5.10 Å². The third kappa shape index (κ3) is 4.42. The van der Waals surface area contributed by atoms with Crippen LogP contribution in [-0.4, -0.2) is 45.7 Å². The van der Waals surface area contributed by atoms with Gasteiger partial charge in [-0.05, 0) is 62.8 Å². The van der Waals surface area contributed by atoms with Crippen LogP contribution in [0.2, 0.25) is 0 Å². The number of carbonyl (C=O) groups excluding carboxylic acids is 1. The topological polar surface area (TPSA) is 65.8 Å². The zero-order chi connectivity index (χ0) is 26.2. The summed E-state index contributed by atoms with van der Waals surface area (Å²) in [6, 6.07) is 19.1. The SMILES string of the molecule is CC(C)=C/C=C\Cc1ccc(Cn2nc3c(c2Nc2ccccc2)C(=O)N(C)C2=N[C@@H]4CCC[C@@H]4N23)cc1. The van der Waals surface area contributed by atoms with E-state index < -0.39 is 0 Å². The first-order chi connectivity index (χ1) is 18.5. The molecule has 7 nitrogen and oxygen atoms in total. The van der Waals surface area contributed by atoms with Crippen LogP contribution in [0.1, 0.15) is 54.6 Å². The van der Waals surface area contributed by atoms with Crippen LogP contribution in [0.3, 0.4) is 0 Å². The Morgan fingerprint density at radius 1 is 1.05 bits per heavy atom. The lowest BCUT2D eigenvalue weighted by Crippen LogP contribution is -2.51. The van der Waals surface area contributed by atoms with Crippen molar-refractivity contribution < 1.29 is 4.79 Å². The fourth-order valence-electron chi connectivity index (χ4n) is 5.62. The fourth-order valence-corrected chi connectivity index (χ4v) is 5.62. The normalized spacial score (nSPS) is 19.9. The van der Waals surface area contributed by atoms with Gasteiger partial charge in [0.1, 0.15) is 11.4 Å². The van der Waals surface area contributed by atoms with Crippen LogP contribution in [-0.2, 0) is 13.0 Å². The number of guanidine groups is 1. The molecular formula is C31H34N6O. The van der Waals surface area contributed by atoms with E-state index in [9.17, 15) is 4.79 Å². The number of anilines is 3. The van der Waals surface area contributed by atoms with E-state index in [-0.39, 0.29) is 18.0 Å². The Morgan fingerprint density at radius 2 is 1.82 bits per heavy atom. The molecule has 2 aliphatic heterocycles. The zero-order valence-corrected chi connectivity index (χ0v) is 22.3. The minimum atomic E-state index is -0.0712. The van der Waals surface area contributed by atoms with Gasteiger partial charge in [0.2, 0.25) is 5.96 Å². The van der Waals surface area contributed by atoms with Gasteiger partial charge in [0.25, 0.3) is 5.91 Å². The third-order valence-electron chi connectivity index (χ3n) is 7.56. The smallest absolute Gasteiger partial charge is 0.267 e. The highest BCUT2D eigenvalue weighted by Crippen LogP contribution is 2.42. The third-order valence-corrected chi connectivity index (χ3v) is 7.56. The van der Waals surface area contributed by atoms with Gasteiger partial charge in [-0.1, -0.05) is 66.3 Å². The average Bonchev–Trinajstić information content (AvgIpc) is 3.60. The molecule has 194 valence electrons. The first-order valence-corrected chi connectivity index (χ1v) is 13.5. The van der Waals surface area contributed by atoms with Gasteiger partial charge in [-0.15, -0.1) is 0 Å². The Kier molecular flexibility index (Phi) is 6.35. The van der Waals surface area contributed by atoms with Crippen LogP contribution in [0.5, 0.6) is 0 Å². The Morgan fingerprint density at radius 3 is 2.58 bits per heavy atom. The number of fused-ring (bicyclic) bond motifs is 5. The molecule has 2 atom stereocenters. The fraction of sp³-hybridized carbons (Fsp3) is 0.323. The molecular weight excluding hydrogens is 472 g/mol. The highest BCUT2D eigenvalue weighted by molar-refractivity contribution is 6.21. The minimum absolute atomic E-state index is 0.0712. The molecule has 3 aromatic rings. The van der Waals surface area contributed by atoms with E-state index in [4.69, 9.17) is 10.1 Å². The monoisotopic (exact) mass is 506 g/mol. The van der Waals surface area contributed by atoms with Gasteiger partial charge in [0.05, 0.1) is 18.6 Å². The first-order valence-electron chi connectivity index (χ1n) is 13.5. The summed E-state index contributed by atoms with van der Waals surface area (Å²) in [6.07, 6.45) is 10.6. The molecule has 0 bridgehead atoms. The van der Waals surface area contributed by atoms with Gasteiger partial charge in [0.15, 0.2) is 5.82 Å². The lowest BCUT2D eigenvalue weighted by atomic mass is 10.1. The van der Waals surface area contributed by atoms with Crippen molar-refractivity contribution in [2.75, 3.05) is 17.3 Å². The summed E-state index contributed by atoms with van der Waals surface area (Å²) >= 11 is 0. The van der Waals surface area contributed by atoms with Crippen LogP contribution < -0.4 is 10.2 Å². The molecule has 0 saturated heterocycles. The van der Waals surface area contributed by atoms with Gasteiger partial charge in [-0.25, -0.2) is 9.67 Å². The molecule has 0 radical (unpaired) electrons. The van der Waals surface area contributed by atoms with E-state index in [1.807, 2.05) is 42.1 Å². The first kappa shape index (κ1) is 24.2. The zero-order valence-electron chi connectivity index (χ0n) is 22.3. The van der Waals surface area contributed by atoms with Crippen LogP contribution in [0.4, 0.5) is 17.3 Å². The Bertz CT molecular complexity index is 1430. The Hall–Kier alpha value is -4.13. The quantitative estimate of drug-likeness (QED) is 0.404. The van der Waals surface area contributed by atoms with E-state index in [0.717, 1.165) is 54.5 Å². The maximum Gasteiger partial charge on any atom is 0.267 e. The minimum Gasteiger partial charge on any atom is -0.340 e. The molecule has 1 saturated carbocycles. The molecule has 1 amide bonds. The van der Waals surface area contributed by atoms with Crippen LogP contribution in [0, 0.1) is 0 Å². The van der Waals surface area contributed by atoms with Crippen molar-refractivity contribution in [3.8, 4) is 0 Å². The van der Waals surface area contributed by atoms with Crippen molar-refractivity contribution in [1.29, 1.82) is 0 Å². The molecule has 1 aromatic heterocycles. The molecule has 6 rings (SSSR count). The maximum atomic E-state index is 13.7. The van der Waals surface area contributed by atoms with Crippen molar-refractivity contribution >= 4 is 29.2 Å². The molecule has 0 unspecified atom stereocenters. The van der Waals surface area contributed by atoms with Crippen molar-refractivity contribution in [3.63, 3.8) is 0 Å². The van der Waals surface area contributed by atoms with E-state index in [1.165, 1.54) is 11.1 Å². The number of allylic oxidation sites excluding steroid dienone is 4. The lowest BCUT2D eigenvalue weighted by molar-refractivity contribution is 0.0866. The van der Waals surface area contributed by atoms with Gasteiger partial charge < -0.3 is 5.32 Å². The molecule has 0 spiro atoms. The summed E-state index contributed by atoms with van der Waals surface area (Å²) in [7, 11) is 1.83. The second-order valence-electron chi connectivity index (χ2n) is 10.6. The van der Waals surface area contributed by atoms with Crippen molar-refractivity contribution in [2.45, 2.75) is 58.2 Å². The largest absolute Gasteiger partial charge is 0.340 e. The Labute approximate surface area is 224 Å². The molecule has 1 fully saturated rings. The number of nitrogens with one attached hydrogen (secondary N) is 1. The number of aliphatic imine (C=N–C) groups is 1. The summed E-state index contributed by atoms with van der Waals surface area (Å²) in [5.41, 5.74) is 5.22. The molecule has 3 heterocycles.